The number of hydrogen-bond donors (Lipinski definition) is 6. The lowest BCUT2D eigenvalue weighted by Gasteiger charge is -2.40. The molecule has 0 aromatic heterocycles. The molecule has 72 heavy (non-hydrogen) atoms. The van der Waals surface area contributed by atoms with Crippen LogP contribution in [0.4, 0.5) is 0 Å². The van der Waals surface area contributed by atoms with Crippen LogP contribution in [0, 0.1) is 0 Å². The van der Waals surface area contributed by atoms with Gasteiger partial charge in [-0.2, -0.15) is 0 Å². The van der Waals surface area contributed by atoms with E-state index in [1.165, 1.54) is 89.9 Å². The fraction of sp³-hybridized carbons (Fsp3) is 0.667. The molecule has 9 nitrogen and oxygen atoms in total. The number of carbonyl (C=O) groups is 1. The number of allylic oxidation sites excluding steroid dienone is 19. The average Bonchev–Trinajstić information content (AvgIpc) is 3.38. The molecule has 1 aliphatic rings. The zero-order valence-electron chi connectivity index (χ0n) is 45.4. The molecule has 0 radical (unpaired) electrons. The molecule has 9 heteroatoms. The van der Waals surface area contributed by atoms with Crippen molar-refractivity contribution < 1.29 is 39.8 Å². The summed E-state index contributed by atoms with van der Waals surface area (Å²) in [5, 5.41) is 54.4. The number of hydrogen-bond acceptors (Lipinski definition) is 8. The van der Waals surface area contributed by atoms with Gasteiger partial charge in [-0.05, 0) is 96.3 Å². The minimum absolute atomic E-state index is 0.201. The summed E-state index contributed by atoms with van der Waals surface area (Å²) in [7, 11) is 0. The Hall–Kier alpha value is -3.41. The zero-order valence-corrected chi connectivity index (χ0v) is 45.4. The van der Waals surface area contributed by atoms with Crippen LogP contribution in [0.15, 0.2) is 122 Å². The molecule has 0 spiro atoms. The molecule has 1 rings (SSSR count). The third kappa shape index (κ3) is 40.0. The first-order valence-electron chi connectivity index (χ1n) is 28.8. The van der Waals surface area contributed by atoms with E-state index < -0.39 is 49.5 Å². The molecule has 0 aromatic rings. The highest BCUT2D eigenvalue weighted by atomic mass is 16.7. The SMILES string of the molecule is CC/C=C\C/C=C\C/C=C\C/C=C\C/C=C\C/C=C\C/C=C\C/C=C\CCCCCCCCCCC(=O)NC(COC1OC(CO)C(O)C(O)C1O)C(O)/C=C/CC/C=C/CCCCCCCCCCCC. The van der Waals surface area contributed by atoms with Gasteiger partial charge in [0.2, 0.25) is 5.91 Å². The minimum Gasteiger partial charge on any atom is -0.394 e. The van der Waals surface area contributed by atoms with Crippen LogP contribution < -0.4 is 5.32 Å². The summed E-state index contributed by atoms with van der Waals surface area (Å²) in [5.74, 6) is -0.201. The van der Waals surface area contributed by atoms with Gasteiger partial charge in [0.05, 0.1) is 25.4 Å². The Morgan fingerprint density at radius 1 is 0.486 bits per heavy atom. The van der Waals surface area contributed by atoms with Crippen molar-refractivity contribution in [3.63, 3.8) is 0 Å². The first-order chi connectivity index (χ1) is 35.3. The van der Waals surface area contributed by atoms with Crippen LogP contribution in [0.2, 0.25) is 0 Å². The number of unbranched alkanes of at least 4 members (excludes halogenated alkanes) is 19. The van der Waals surface area contributed by atoms with E-state index in [1.807, 2.05) is 6.08 Å². The first kappa shape index (κ1) is 66.6. The second kappa shape index (κ2) is 51.1. The fourth-order valence-electron chi connectivity index (χ4n) is 8.25. The number of ether oxygens (including phenoxy) is 2. The van der Waals surface area contributed by atoms with Crippen molar-refractivity contribution in [2.45, 2.75) is 256 Å². The number of nitrogens with one attached hydrogen (secondary N) is 1. The molecule has 0 bridgehead atoms. The van der Waals surface area contributed by atoms with Gasteiger partial charge >= 0.3 is 0 Å². The summed E-state index contributed by atoms with van der Waals surface area (Å²) >= 11 is 0. The summed E-state index contributed by atoms with van der Waals surface area (Å²) in [6.07, 6.45) is 69.7. The summed E-state index contributed by atoms with van der Waals surface area (Å²) in [4.78, 5) is 13.0. The second-order valence-electron chi connectivity index (χ2n) is 19.3. The van der Waals surface area contributed by atoms with E-state index in [0.717, 1.165) is 103 Å². The van der Waals surface area contributed by atoms with Gasteiger partial charge in [-0.15, -0.1) is 0 Å². The summed E-state index contributed by atoms with van der Waals surface area (Å²) in [5.41, 5.74) is 0. The number of carbonyl (C=O) groups excluding carboxylic acids is 1. The van der Waals surface area contributed by atoms with Gasteiger partial charge in [-0.3, -0.25) is 4.79 Å². The van der Waals surface area contributed by atoms with Crippen molar-refractivity contribution in [2.24, 2.45) is 0 Å². The maximum atomic E-state index is 13.0. The van der Waals surface area contributed by atoms with Gasteiger partial charge in [0.1, 0.15) is 24.4 Å². The maximum Gasteiger partial charge on any atom is 0.220 e. The third-order valence-corrected chi connectivity index (χ3v) is 12.8. The van der Waals surface area contributed by atoms with E-state index in [9.17, 15) is 30.3 Å². The molecule has 1 aliphatic heterocycles. The number of aliphatic hydroxyl groups is 5. The van der Waals surface area contributed by atoms with Gasteiger partial charge < -0.3 is 40.3 Å². The normalized spacial score (nSPS) is 20.1. The summed E-state index contributed by atoms with van der Waals surface area (Å²) in [6.45, 7) is 3.63. The van der Waals surface area contributed by atoms with Gasteiger partial charge in [0.15, 0.2) is 6.29 Å². The number of rotatable bonds is 47. The number of amides is 1. The standard InChI is InChI=1S/C63H105NO8/c1-3-5-7-9-11-13-15-17-19-21-22-23-24-25-26-27-28-29-30-31-32-33-34-35-36-37-39-41-43-45-47-49-51-53-59(67)64-56(55-71-63-62(70)61(69)60(68)58(54-65)72-63)57(66)52-50-48-46-44-42-40-38-20-18-16-14-12-10-8-6-4-2/h5,7,11,13,17,19,22-23,25-26,28-29,31-32,34-35,42,44,50,52,56-58,60-63,65-66,68-70H,3-4,6,8-10,12,14-16,18,20-21,24,27,30,33,36-41,43,45-49,51,53-55H2,1-2H3,(H,64,67)/b7-5-,13-11-,19-17-,23-22-,26-25-,29-28-,32-31-,35-34-,44-42+,52-50+. The van der Waals surface area contributed by atoms with Crippen LogP contribution in [0.5, 0.6) is 0 Å². The van der Waals surface area contributed by atoms with Crippen LogP contribution in [0.25, 0.3) is 0 Å². The van der Waals surface area contributed by atoms with E-state index >= 15 is 0 Å². The van der Waals surface area contributed by atoms with Crippen LogP contribution >= 0.6 is 0 Å². The molecule has 0 aromatic carbocycles. The molecule has 7 atom stereocenters. The van der Waals surface area contributed by atoms with Crippen molar-refractivity contribution in [2.75, 3.05) is 13.2 Å². The van der Waals surface area contributed by atoms with Gasteiger partial charge in [-0.1, -0.05) is 232 Å². The fourth-order valence-corrected chi connectivity index (χ4v) is 8.25. The second-order valence-corrected chi connectivity index (χ2v) is 19.3. The lowest BCUT2D eigenvalue weighted by atomic mass is 9.99. The monoisotopic (exact) mass is 1000 g/mol. The van der Waals surface area contributed by atoms with Gasteiger partial charge in [0, 0.05) is 6.42 Å². The van der Waals surface area contributed by atoms with Gasteiger partial charge in [0.25, 0.3) is 0 Å². The molecule has 1 fully saturated rings. The van der Waals surface area contributed by atoms with E-state index in [1.54, 1.807) is 6.08 Å². The third-order valence-electron chi connectivity index (χ3n) is 12.8. The lowest BCUT2D eigenvalue weighted by molar-refractivity contribution is -0.302. The predicted molar refractivity (Wildman–Crippen MR) is 304 cm³/mol. The molecule has 0 aliphatic carbocycles. The highest BCUT2D eigenvalue weighted by Crippen LogP contribution is 2.23. The van der Waals surface area contributed by atoms with Crippen LogP contribution in [0.1, 0.15) is 213 Å². The van der Waals surface area contributed by atoms with Gasteiger partial charge in [-0.25, -0.2) is 0 Å². The molecule has 6 N–H and O–H groups in total. The van der Waals surface area contributed by atoms with E-state index in [4.69, 9.17) is 9.47 Å². The Bertz CT molecular complexity index is 1540. The van der Waals surface area contributed by atoms with Crippen molar-refractivity contribution in [1.82, 2.24) is 5.32 Å². The summed E-state index contributed by atoms with van der Waals surface area (Å²) in [6, 6.07) is -0.835. The van der Waals surface area contributed by atoms with E-state index in [-0.39, 0.29) is 12.5 Å². The van der Waals surface area contributed by atoms with Crippen LogP contribution in [0.3, 0.4) is 0 Å². The van der Waals surface area contributed by atoms with Crippen molar-refractivity contribution >= 4 is 5.91 Å². The highest BCUT2D eigenvalue weighted by molar-refractivity contribution is 5.76. The average molecular weight is 1000 g/mol. The van der Waals surface area contributed by atoms with E-state index in [2.05, 4.69) is 129 Å². The molecular weight excluding hydrogens is 899 g/mol. The molecule has 1 saturated heterocycles. The maximum absolute atomic E-state index is 13.0. The van der Waals surface area contributed by atoms with E-state index in [0.29, 0.717) is 6.42 Å². The highest BCUT2D eigenvalue weighted by Gasteiger charge is 2.44. The van der Waals surface area contributed by atoms with Crippen LogP contribution in [-0.2, 0) is 14.3 Å². The molecular formula is C63H105NO8. The first-order valence-corrected chi connectivity index (χ1v) is 28.8. The molecule has 1 amide bonds. The Labute approximate surface area is 439 Å². The predicted octanol–water partition coefficient (Wildman–Crippen LogP) is 14.3. The van der Waals surface area contributed by atoms with Crippen molar-refractivity contribution in [3.8, 4) is 0 Å². The Kier molecular flexibility index (Phi) is 47.3. The molecule has 7 unspecified atom stereocenters. The minimum atomic E-state index is -1.58. The number of aliphatic hydroxyl groups excluding tert-OH is 5. The zero-order chi connectivity index (χ0) is 52.2. The van der Waals surface area contributed by atoms with Crippen molar-refractivity contribution in [3.05, 3.63) is 122 Å². The lowest BCUT2D eigenvalue weighted by Crippen LogP contribution is -2.60. The molecule has 1 heterocycles. The summed E-state index contributed by atoms with van der Waals surface area (Å²) < 4.78 is 11.2. The topological polar surface area (TPSA) is 149 Å². The Balaban J connectivity index is 2.24. The quantitative estimate of drug-likeness (QED) is 0.0261. The molecule has 0 saturated carbocycles. The smallest absolute Gasteiger partial charge is 0.220 e. The van der Waals surface area contributed by atoms with Crippen molar-refractivity contribution in [1.29, 1.82) is 0 Å². The largest absolute Gasteiger partial charge is 0.394 e. The van der Waals surface area contributed by atoms with Crippen LogP contribution in [-0.4, -0.2) is 87.5 Å². The molecule has 410 valence electrons. The Morgan fingerprint density at radius 2 is 0.875 bits per heavy atom. The Morgan fingerprint density at radius 3 is 1.33 bits per heavy atom.